The molecule has 9 nitrogen and oxygen atoms in total. The van der Waals surface area contributed by atoms with E-state index in [0.29, 0.717) is 28.1 Å². The highest BCUT2D eigenvalue weighted by Gasteiger charge is 2.24. The van der Waals surface area contributed by atoms with Crippen LogP contribution in [-0.2, 0) is 19.9 Å². The van der Waals surface area contributed by atoms with E-state index in [-0.39, 0.29) is 27.2 Å². The lowest BCUT2D eigenvalue weighted by molar-refractivity contribution is 0.400. The molecule has 13 heteroatoms. The number of pyridine rings is 2. The maximum absolute atomic E-state index is 14.2. The predicted molar refractivity (Wildman–Crippen MR) is 145 cm³/mol. The number of nitrogen functional groups attached to an aromatic ring is 1. The summed E-state index contributed by atoms with van der Waals surface area (Å²) in [4.78, 5) is 7.54. The Balaban J connectivity index is 1.57. The van der Waals surface area contributed by atoms with Crippen LogP contribution in [0.4, 0.5) is 20.3 Å². The van der Waals surface area contributed by atoms with Crippen molar-refractivity contribution in [3.63, 3.8) is 0 Å². The summed E-state index contributed by atoms with van der Waals surface area (Å²) in [7, 11) is -7.16. The van der Waals surface area contributed by atoms with Crippen molar-refractivity contribution in [2.45, 2.75) is 14.7 Å². The first-order chi connectivity index (χ1) is 19.0. The molecule has 0 spiro atoms. The number of fused-ring (bicyclic) bond motifs is 1. The van der Waals surface area contributed by atoms with E-state index in [4.69, 9.17) is 10.5 Å². The number of aromatic nitrogens is 2. The van der Waals surface area contributed by atoms with Crippen LogP contribution < -0.4 is 15.2 Å². The van der Waals surface area contributed by atoms with E-state index >= 15 is 0 Å². The van der Waals surface area contributed by atoms with Gasteiger partial charge in [0.05, 0.1) is 17.5 Å². The number of rotatable bonds is 7. The number of nitrogens with one attached hydrogen (secondary N) is 1. The zero-order chi connectivity index (χ0) is 28.7. The summed E-state index contributed by atoms with van der Waals surface area (Å²) in [6, 6.07) is 17.7. The van der Waals surface area contributed by atoms with Gasteiger partial charge in [-0.3, -0.25) is 4.72 Å². The van der Waals surface area contributed by atoms with E-state index in [2.05, 4.69) is 14.7 Å². The fraction of sp³-hybridized carbons (Fsp3) is 0.0370. The van der Waals surface area contributed by atoms with Crippen molar-refractivity contribution in [2.75, 3.05) is 17.6 Å². The summed E-state index contributed by atoms with van der Waals surface area (Å²) in [5.74, 6) is -2.44. The number of hydrogen-bond donors (Lipinski definition) is 2. The smallest absolute Gasteiger partial charge is 0.264 e. The van der Waals surface area contributed by atoms with Crippen LogP contribution in [0, 0.1) is 11.6 Å². The number of benzene rings is 3. The summed E-state index contributed by atoms with van der Waals surface area (Å²) in [6.45, 7) is 0. The molecule has 0 atom stereocenters. The van der Waals surface area contributed by atoms with Crippen LogP contribution in [-0.4, -0.2) is 33.9 Å². The van der Waals surface area contributed by atoms with Crippen molar-refractivity contribution >= 4 is 42.3 Å². The fourth-order valence-corrected chi connectivity index (χ4v) is 6.51. The Morgan fingerprint density at radius 3 is 2.30 bits per heavy atom. The van der Waals surface area contributed by atoms with Gasteiger partial charge in [0.15, 0.2) is 0 Å². The van der Waals surface area contributed by atoms with Gasteiger partial charge < -0.3 is 10.5 Å². The first-order valence-electron chi connectivity index (χ1n) is 11.5. The topological polar surface area (TPSA) is 141 Å². The van der Waals surface area contributed by atoms with E-state index in [1.807, 2.05) is 0 Å². The predicted octanol–water partition coefficient (Wildman–Crippen LogP) is 4.80. The number of hydrogen-bond acceptors (Lipinski definition) is 8. The molecule has 5 aromatic rings. The second-order valence-electron chi connectivity index (χ2n) is 8.56. The Morgan fingerprint density at radius 2 is 1.60 bits per heavy atom. The minimum atomic E-state index is -4.48. The van der Waals surface area contributed by atoms with Gasteiger partial charge in [0.2, 0.25) is 15.7 Å². The quantitative estimate of drug-likeness (QED) is 0.279. The van der Waals surface area contributed by atoms with E-state index in [1.54, 1.807) is 36.4 Å². The molecule has 3 aromatic carbocycles. The van der Waals surface area contributed by atoms with E-state index in [9.17, 15) is 25.6 Å². The van der Waals surface area contributed by atoms with Gasteiger partial charge in [0.25, 0.3) is 10.0 Å². The molecule has 0 saturated heterocycles. The molecule has 0 saturated carbocycles. The molecule has 0 amide bonds. The number of methoxy groups -OCH3 is 1. The molecule has 0 aliphatic heterocycles. The van der Waals surface area contributed by atoms with Gasteiger partial charge in [0, 0.05) is 23.2 Å². The first-order valence-corrected chi connectivity index (χ1v) is 14.5. The molecule has 0 unspecified atom stereocenters. The van der Waals surface area contributed by atoms with Crippen molar-refractivity contribution in [3.8, 4) is 17.0 Å². The Kier molecular flexibility index (Phi) is 6.85. The normalized spacial score (nSPS) is 11.9. The van der Waals surface area contributed by atoms with Gasteiger partial charge in [-0.05, 0) is 54.1 Å². The Labute approximate surface area is 228 Å². The van der Waals surface area contributed by atoms with Crippen LogP contribution in [0.1, 0.15) is 0 Å². The molecule has 0 radical (unpaired) electrons. The number of nitrogens with zero attached hydrogens (tertiary/aromatic N) is 2. The van der Waals surface area contributed by atoms with Crippen LogP contribution in [0.25, 0.3) is 22.0 Å². The van der Waals surface area contributed by atoms with Gasteiger partial charge in [-0.2, -0.15) is 0 Å². The van der Waals surface area contributed by atoms with Crippen LogP contribution >= 0.6 is 0 Å². The molecule has 3 N–H and O–H groups in total. The number of anilines is 2. The Morgan fingerprint density at radius 1 is 0.850 bits per heavy atom. The third-order valence-electron chi connectivity index (χ3n) is 5.96. The highest BCUT2D eigenvalue weighted by atomic mass is 32.2. The van der Waals surface area contributed by atoms with E-state index < -0.39 is 36.4 Å². The Hall–Kier alpha value is -4.62. The summed E-state index contributed by atoms with van der Waals surface area (Å²) in [5, 5.41) is 0.451. The highest BCUT2D eigenvalue weighted by Crippen LogP contribution is 2.34. The molecule has 0 aliphatic rings. The van der Waals surface area contributed by atoms with Gasteiger partial charge in [-0.15, -0.1) is 0 Å². The van der Waals surface area contributed by atoms with Gasteiger partial charge in [-0.1, -0.05) is 24.3 Å². The number of halogens is 2. The molecule has 5 rings (SSSR count). The average Bonchev–Trinajstić information content (AvgIpc) is 2.92. The summed E-state index contributed by atoms with van der Waals surface area (Å²) in [5.41, 5.74) is 7.29. The first kappa shape index (κ1) is 27.0. The van der Waals surface area contributed by atoms with Gasteiger partial charge in [-0.25, -0.2) is 35.6 Å². The molecule has 2 aromatic heterocycles. The van der Waals surface area contributed by atoms with Crippen molar-refractivity contribution in [3.05, 3.63) is 96.7 Å². The second-order valence-corrected chi connectivity index (χ2v) is 12.1. The third kappa shape index (κ3) is 5.03. The summed E-state index contributed by atoms with van der Waals surface area (Å²) >= 11 is 0. The largest absolute Gasteiger partial charge is 0.480 e. The van der Waals surface area contributed by atoms with Crippen molar-refractivity contribution in [1.82, 2.24) is 9.97 Å². The number of sulfonamides is 1. The number of ether oxygens (including phenoxy) is 1. The maximum atomic E-state index is 14.2. The van der Waals surface area contributed by atoms with E-state index in [1.165, 1.54) is 37.6 Å². The molecule has 0 bridgehead atoms. The van der Waals surface area contributed by atoms with Crippen molar-refractivity contribution in [1.29, 1.82) is 0 Å². The fourth-order valence-electron chi connectivity index (χ4n) is 4.03. The van der Waals surface area contributed by atoms with Gasteiger partial charge >= 0.3 is 0 Å². The molecule has 2 heterocycles. The van der Waals surface area contributed by atoms with Crippen LogP contribution in [0.15, 0.2) is 99.7 Å². The molecular formula is C27H20F2N4O5S2. The minimum absolute atomic E-state index is 0.0628. The maximum Gasteiger partial charge on any atom is 0.264 e. The molecule has 204 valence electrons. The molecule has 40 heavy (non-hydrogen) atoms. The molecule has 0 aliphatic carbocycles. The number of nitrogens with two attached hydrogens (primary N) is 1. The van der Waals surface area contributed by atoms with Crippen molar-refractivity contribution < 1.29 is 30.4 Å². The standard InChI is InChI=1S/C27H20F2N4O5S2/c1-38-27-23(33-40(36,37)24-10-8-19(28)14-21(24)29)12-18(15-31-27)16-7-9-22-17(11-16)13-25(26(30)32-22)39(34,35)20-5-3-2-4-6-20/h2-15,33H,1H3,(H2,30,32). The highest BCUT2D eigenvalue weighted by molar-refractivity contribution is 7.92. The summed E-state index contributed by atoms with van der Waals surface area (Å²) < 4.78 is 87.1. The lowest BCUT2D eigenvalue weighted by atomic mass is 10.0. The second kappa shape index (κ2) is 10.2. The zero-order valence-corrected chi connectivity index (χ0v) is 22.3. The lowest BCUT2D eigenvalue weighted by Gasteiger charge is -2.14. The SMILES string of the molecule is COc1ncc(-c2ccc3nc(N)c(S(=O)(=O)c4ccccc4)cc3c2)cc1NS(=O)(=O)c1ccc(F)cc1F. The average molecular weight is 583 g/mol. The zero-order valence-electron chi connectivity index (χ0n) is 20.7. The van der Waals surface area contributed by atoms with Gasteiger partial charge in [0.1, 0.15) is 32.9 Å². The summed E-state index contributed by atoms with van der Waals surface area (Å²) in [6.07, 6.45) is 1.42. The number of sulfone groups is 1. The van der Waals surface area contributed by atoms with Crippen LogP contribution in [0.2, 0.25) is 0 Å². The third-order valence-corrected chi connectivity index (χ3v) is 9.15. The minimum Gasteiger partial charge on any atom is -0.480 e. The molecular weight excluding hydrogens is 562 g/mol. The van der Waals surface area contributed by atoms with Crippen LogP contribution in [0.5, 0.6) is 5.88 Å². The van der Waals surface area contributed by atoms with Crippen molar-refractivity contribution in [2.24, 2.45) is 0 Å². The lowest BCUT2D eigenvalue weighted by Crippen LogP contribution is -2.15. The molecule has 0 fully saturated rings. The Bertz CT molecular complexity index is 1990. The van der Waals surface area contributed by atoms with E-state index in [0.717, 1.165) is 12.1 Å². The monoisotopic (exact) mass is 582 g/mol. The van der Waals surface area contributed by atoms with Crippen LogP contribution in [0.3, 0.4) is 0 Å².